The molecule has 1 amide bonds. The van der Waals surface area contributed by atoms with Gasteiger partial charge in [-0.05, 0) is 61.1 Å². The Hall–Kier alpha value is -3.36. The molecular weight excluding hydrogens is 442 g/mol. The molecule has 0 unspecified atom stereocenters. The Labute approximate surface area is 194 Å². The highest BCUT2D eigenvalue weighted by atomic mass is 32.2. The second kappa shape index (κ2) is 8.64. The molecule has 1 aliphatic heterocycles. The smallest absolute Gasteiger partial charge is 0.287 e. The van der Waals surface area contributed by atoms with E-state index < -0.39 is 0 Å². The van der Waals surface area contributed by atoms with Crippen LogP contribution in [0.5, 0.6) is 5.75 Å². The van der Waals surface area contributed by atoms with Gasteiger partial charge in [-0.15, -0.1) is 5.10 Å². The Kier molecular flexibility index (Phi) is 5.55. The highest BCUT2D eigenvalue weighted by molar-refractivity contribution is 7.99. The molecule has 5 rings (SSSR count). The van der Waals surface area contributed by atoms with Gasteiger partial charge < -0.3 is 9.15 Å². The lowest BCUT2D eigenvalue weighted by Crippen LogP contribution is -2.32. The summed E-state index contributed by atoms with van der Waals surface area (Å²) >= 11 is 6.95. The fraction of sp³-hybridized carbons (Fsp3) is 0.125. The minimum absolute atomic E-state index is 0.0416. The van der Waals surface area contributed by atoms with Crippen molar-refractivity contribution >= 4 is 41.3 Å². The van der Waals surface area contributed by atoms with Gasteiger partial charge in [0.05, 0.1) is 11.4 Å². The zero-order valence-corrected chi connectivity index (χ0v) is 18.9. The van der Waals surface area contributed by atoms with Crippen LogP contribution in [0.1, 0.15) is 11.5 Å². The van der Waals surface area contributed by atoms with Crippen molar-refractivity contribution in [1.29, 1.82) is 0 Å². The molecule has 0 atom stereocenters. The van der Waals surface area contributed by atoms with E-state index in [-0.39, 0.29) is 23.9 Å². The van der Waals surface area contributed by atoms with Gasteiger partial charge in [0.2, 0.25) is 0 Å². The number of carbonyl (C=O) groups excluding carboxylic acids is 1. The molecule has 0 saturated heterocycles. The van der Waals surface area contributed by atoms with E-state index in [1.54, 1.807) is 16.7 Å². The number of hydrogen-bond acceptors (Lipinski definition) is 6. The van der Waals surface area contributed by atoms with E-state index >= 15 is 0 Å². The summed E-state index contributed by atoms with van der Waals surface area (Å²) in [6, 6.07) is 23.4. The summed E-state index contributed by atoms with van der Waals surface area (Å²) in [6.07, 6.45) is 0. The van der Waals surface area contributed by atoms with Crippen LogP contribution in [0.3, 0.4) is 0 Å². The fourth-order valence-corrected chi connectivity index (χ4v) is 4.79. The summed E-state index contributed by atoms with van der Waals surface area (Å²) < 4.78 is 12.7. The number of nitrogens with zero attached hydrogens (tertiary/aromatic N) is 3. The summed E-state index contributed by atoms with van der Waals surface area (Å²) in [5.41, 5.74) is 2.79. The molecule has 6 nitrogen and oxygen atoms in total. The second-order valence-corrected chi connectivity index (χ2v) is 8.72. The number of rotatable bonds is 5. The summed E-state index contributed by atoms with van der Waals surface area (Å²) in [6.45, 7) is 2.08. The number of aromatic nitrogens is 2. The SMILES string of the molecule is Cc1cccc(OCc2nn(CC(=O)N3c4ccccc4Sc4ccccc43)c(=S)o2)c1. The number of benzene rings is 3. The minimum atomic E-state index is -0.152. The maximum Gasteiger partial charge on any atom is 0.287 e. The molecule has 8 heteroatoms. The van der Waals surface area contributed by atoms with Gasteiger partial charge in [0.25, 0.3) is 16.6 Å². The third-order valence-corrected chi connectivity index (χ3v) is 6.39. The average Bonchev–Trinajstić information content (AvgIpc) is 3.15. The normalized spacial score (nSPS) is 12.2. The molecule has 1 aromatic heterocycles. The van der Waals surface area contributed by atoms with Crippen LogP contribution >= 0.6 is 24.0 Å². The van der Waals surface area contributed by atoms with Gasteiger partial charge in [-0.3, -0.25) is 9.69 Å². The Bertz CT molecular complexity index is 1320. The highest BCUT2D eigenvalue weighted by Crippen LogP contribution is 2.47. The predicted molar refractivity (Wildman–Crippen MR) is 125 cm³/mol. The van der Waals surface area contributed by atoms with Gasteiger partial charge in [-0.1, -0.05) is 48.2 Å². The number of aryl methyl sites for hydroxylation is 1. The molecule has 32 heavy (non-hydrogen) atoms. The second-order valence-electron chi connectivity index (χ2n) is 7.29. The monoisotopic (exact) mass is 461 g/mol. The lowest BCUT2D eigenvalue weighted by Gasteiger charge is -2.30. The van der Waals surface area contributed by atoms with E-state index in [0.717, 1.165) is 32.5 Å². The average molecular weight is 462 g/mol. The maximum atomic E-state index is 13.4. The van der Waals surface area contributed by atoms with Crippen LogP contribution in [0.2, 0.25) is 0 Å². The van der Waals surface area contributed by atoms with Gasteiger partial charge >= 0.3 is 0 Å². The number of hydrogen-bond donors (Lipinski definition) is 0. The molecule has 4 aromatic rings. The molecule has 160 valence electrons. The van der Waals surface area contributed by atoms with Crippen molar-refractivity contribution in [2.75, 3.05) is 4.90 Å². The van der Waals surface area contributed by atoms with Gasteiger partial charge in [0.1, 0.15) is 12.3 Å². The molecule has 0 fully saturated rings. The molecule has 0 aliphatic carbocycles. The van der Waals surface area contributed by atoms with E-state index in [0.29, 0.717) is 5.89 Å². The third-order valence-electron chi connectivity index (χ3n) is 4.97. The number of carbonyl (C=O) groups is 1. The van der Waals surface area contributed by atoms with Crippen LogP contribution < -0.4 is 9.64 Å². The van der Waals surface area contributed by atoms with E-state index in [1.807, 2.05) is 79.7 Å². The molecule has 0 bridgehead atoms. The molecule has 3 aromatic carbocycles. The molecular formula is C24H19N3O3S2. The van der Waals surface area contributed by atoms with Crippen molar-refractivity contribution in [2.24, 2.45) is 0 Å². The summed E-state index contributed by atoms with van der Waals surface area (Å²) in [5.74, 6) is 0.885. The zero-order valence-electron chi connectivity index (χ0n) is 17.2. The number of amides is 1. The first kappa shape index (κ1) is 20.5. The van der Waals surface area contributed by atoms with E-state index in [1.165, 1.54) is 4.68 Å². The van der Waals surface area contributed by atoms with Crippen molar-refractivity contribution < 1.29 is 13.9 Å². The van der Waals surface area contributed by atoms with E-state index in [4.69, 9.17) is 21.4 Å². The van der Waals surface area contributed by atoms with Crippen LogP contribution in [-0.4, -0.2) is 15.7 Å². The van der Waals surface area contributed by atoms with Crippen molar-refractivity contribution in [2.45, 2.75) is 29.9 Å². The molecule has 0 spiro atoms. The summed E-state index contributed by atoms with van der Waals surface area (Å²) in [7, 11) is 0. The number of para-hydroxylation sites is 2. The van der Waals surface area contributed by atoms with Gasteiger partial charge in [0, 0.05) is 9.79 Å². The maximum absolute atomic E-state index is 13.4. The minimum Gasteiger partial charge on any atom is -0.484 e. The van der Waals surface area contributed by atoms with Crippen molar-refractivity contribution in [3.8, 4) is 5.75 Å². The van der Waals surface area contributed by atoms with Gasteiger partial charge in [-0.25, -0.2) is 4.68 Å². The zero-order chi connectivity index (χ0) is 22.1. The van der Waals surface area contributed by atoms with Crippen LogP contribution in [0.25, 0.3) is 0 Å². The summed E-state index contributed by atoms with van der Waals surface area (Å²) in [4.78, 5) is 17.3. The molecule has 1 aliphatic rings. The summed E-state index contributed by atoms with van der Waals surface area (Å²) in [5, 5.41) is 4.36. The lowest BCUT2D eigenvalue weighted by molar-refractivity contribution is -0.118. The third kappa shape index (κ3) is 4.06. The topological polar surface area (TPSA) is 60.5 Å². The number of ether oxygens (including phenoxy) is 1. The van der Waals surface area contributed by atoms with Crippen molar-refractivity contribution in [3.63, 3.8) is 0 Å². The van der Waals surface area contributed by atoms with Gasteiger partial charge in [0.15, 0.2) is 6.61 Å². The number of anilines is 2. The van der Waals surface area contributed by atoms with Crippen LogP contribution in [0.4, 0.5) is 11.4 Å². The van der Waals surface area contributed by atoms with Crippen molar-refractivity contribution in [3.05, 3.63) is 89.1 Å². The van der Waals surface area contributed by atoms with E-state index in [9.17, 15) is 4.79 Å². The van der Waals surface area contributed by atoms with Crippen LogP contribution in [0, 0.1) is 11.8 Å². The molecule has 0 saturated carbocycles. The Morgan fingerprint density at radius 3 is 2.41 bits per heavy atom. The first-order chi connectivity index (χ1) is 15.6. The van der Waals surface area contributed by atoms with E-state index in [2.05, 4.69) is 5.10 Å². The van der Waals surface area contributed by atoms with Crippen LogP contribution in [0.15, 0.2) is 87.0 Å². The standard InChI is InChI=1S/C24H19N3O3S2/c1-16-7-6-8-17(13-16)29-15-22-25-26(24(31)30-22)14-23(28)27-18-9-2-4-11-20(18)32-21-12-5-3-10-19(21)27/h2-13H,14-15H2,1H3. The molecule has 0 radical (unpaired) electrons. The predicted octanol–water partition coefficient (Wildman–Crippen LogP) is 5.92. The number of fused-ring (bicyclic) bond motifs is 2. The molecule has 0 N–H and O–H groups in total. The Balaban J connectivity index is 1.37. The fourth-order valence-electron chi connectivity index (χ4n) is 3.53. The lowest BCUT2D eigenvalue weighted by atomic mass is 10.2. The Morgan fingerprint density at radius 2 is 1.72 bits per heavy atom. The Morgan fingerprint density at radius 1 is 1.03 bits per heavy atom. The van der Waals surface area contributed by atoms with Crippen LogP contribution in [-0.2, 0) is 17.9 Å². The van der Waals surface area contributed by atoms with Crippen molar-refractivity contribution in [1.82, 2.24) is 9.78 Å². The first-order valence-corrected chi connectivity index (χ1v) is 11.3. The quantitative estimate of drug-likeness (QED) is 0.344. The van der Waals surface area contributed by atoms with Gasteiger partial charge in [-0.2, -0.15) is 0 Å². The highest BCUT2D eigenvalue weighted by Gasteiger charge is 2.28. The molecule has 2 heterocycles. The largest absolute Gasteiger partial charge is 0.484 e. The first-order valence-electron chi connectivity index (χ1n) is 10.0.